The van der Waals surface area contributed by atoms with Crippen LogP contribution in [0.1, 0.15) is 24.1 Å². The van der Waals surface area contributed by atoms with Gasteiger partial charge in [0.1, 0.15) is 17.2 Å². The Morgan fingerprint density at radius 2 is 1.92 bits per heavy atom. The molecule has 2 fully saturated rings. The molecule has 1 aromatic heterocycles. The molecular formula is C18H18N2O2S3. The molecule has 7 heteroatoms. The molecule has 0 aliphatic carbocycles. The number of hydrogen-bond acceptors (Lipinski definition) is 5. The Balaban J connectivity index is 1.74. The van der Waals surface area contributed by atoms with E-state index in [-0.39, 0.29) is 22.1 Å². The Morgan fingerprint density at radius 3 is 2.52 bits per heavy atom. The van der Waals surface area contributed by atoms with Crippen LogP contribution in [0.4, 0.5) is 5.69 Å². The van der Waals surface area contributed by atoms with Crippen LogP contribution in [-0.2, 0) is 4.79 Å². The van der Waals surface area contributed by atoms with Gasteiger partial charge in [-0.1, -0.05) is 6.07 Å². The average molecular weight is 391 g/mol. The molecule has 2 aromatic rings. The van der Waals surface area contributed by atoms with E-state index in [4.69, 9.17) is 17.0 Å². The van der Waals surface area contributed by atoms with Crippen molar-refractivity contribution in [3.63, 3.8) is 0 Å². The first-order valence-electron chi connectivity index (χ1n) is 7.95. The number of benzene rings is 1. The Bertz CT molecular complexity index is 817. The molecule has 0 radical (unpaired) electrons. The van der Waals surface area contributed by atoms with E-state index >= 15 is 0 Å². The van der Waals surface area contributed by atoms with Crippen molar-refractivity contribution in [2.24, 2.45) is 0 Å². The first-order valence-corrected chi connectivity index (χ1v) is 10.1. The Morgan fingerprint density at radius 1 is 1.20 bits per heavy atom. The largest absolute Gasteiger partial charge is 0.497 e. The quantitative estimate of drug-likeness (QED) is 0.731. The molecule has 4 rings (SSSR count). The zero-order chi connectivity index (χ0) is 17.8. The lowest BCUT2D eigenvalue weighted by molar-refractivity contribution is -0.120. The van der Waals surface area contributed by atoms with Gasteiger partial charge in [-0.25, -0.2) is 0 Å². The lowest BCUT2D eigenvalue weighted by atomic mass is 10.0. The van der Waals surface area contributed by atoms with Gasteiger partial charge >= 0.3 is 0 Å². The smallest absolute Gasteiger partial charge is 0.257 e. The third-order valence-electron chi connectivity index (χ3n) is 4.59. The number of hydrogen-bond donors (Lipinski definition) is 0. The van der Waals surface area contributed by atoms with Crippen LogP contribution in [0.2, 0.25) is 0 Å². The summed E-state index contributed by atoms with van der Waals surface area (Å²) in [5.74, 6) is 0.806. The second-order valence-corrected chi connectivity index (χ2v) is 9.63. The summed E-state index contributed by atoms with van der Waals surface area (Å²) in [6, 6.07) is 11.4. The van der Waals surface area contributed by atoms with E-state index in [9.17, 15) is 4.79 Å². The number of thioether (sulfide) groups is 1. The Labute approximate surface area is 160 Å². The predicted octanol–water partition coefficient (Wildman–Crippen LogP) is 4.28. The van der Waals surface area contributed by atoms with Gasteiger partial charge in [-0.3, -0.25) is 9.69 Å². The van der Waals surface area contributed by atoms with Gasteiger partial charge in [0.2, 0.25) is 0 Å². The second kappa shape index (κ2) is 6.00. The van der Waals surface area contributed by atoms with Crippen LogP contribution in [0.25, 0.3) is 0 Å². The highest BCUT2D eigenvalue weighted by atomic mass is 32.2. The topological polar surface area (TPSA) is 32.8 Å². The van der Waals surface area contributed by atoms with Gasteiger partial charge in [-0.15, -0.1) is 23.1 Å². The molecule has 2 aliphatic rings. The number of methoxy groups -OCH3 is 1. The maximum absolute atomic E-state index is 13.2. The number of anilines is 1. The molecular weight excluding hydrogens is 372 g/mol. The van der Waals surface area contributed by atoms with Gasteiger partial charge in [0.15, 0.2) is 5.11 Å². The van der Waals surface area contributed by atoms with Crippen LogP contribution in [0.15, 0.2) is 41.8 Å². The first kappa shape index (κ1) is 16.9. The van der Waals surface area contributed by atoms with Gasteiger partial charge < -0.3 is 9.64 Å². The SMILES string of the molecule is COc1ccc(N2C(=O)[C@H]3N(C2=S)[C@H](c2cccs2)SC3(C)C)cc1. The minimum atomic E-state index is -0.251. The first-order chi connectivity index (χ1) is 11.9. The van der Waals surface area contributed by atoms with Crippen LogP contribution in [0.5, 0.6) is 5.75 Å². The number of nitrogens with zero attached hydrogens (tertiary/aromatic N) is 2. The molecule has 2 aliphatic heterocycles. The van der Waals surface area contributed by atoms with E-state index in [0.29, 0.717) is 5.11 Å². The minimum Gasteiger partial charge on any atom is -0.497 e. The predicted molar refractivity (Wildman–Crippen MR) is 107 cm³/mol. The van der Waals surface area contributed by atoms with Crippen molar-refractivity contribution < 1.29 is 9.53 Å². The summed E-state index contributed by atoms with van der Waals surface area (Å²) in [6.45, 7) is 4.25. The minimum absolute atomic E-state index is 0.0479. The Kier molecular flexibility index (Phi) is 4.05. The van der Waals surface area contributed by atoms with Crippen LogP contribution >= 0.6 is 35.3 Å². The van der Waals surface area contributed by atoms with E-state index in [1.807, 2.05) is 42.1 Å². The van der Waals surface area contributed by atoms with Crippen molar-refractivity contribution in [3.05, 3.63) is 46.7 Å². The molecule has 130 valence electrons. The number of ether oxygens (including phenoxy) is 1. The lowest BCUT2D eigenvalue weighted by Crippen LogP contribution is -2.41. The molecule has 2 saturated heterocycles. The summed E-state index contributed by atoms with van der Waals surface area (Å²) in [6.07, 6.45) is 0. The van der Waals surface area contributed by atoms with Gasteiger partial charge in [-0.2, -0.15) is 0 Å². The van der Waals surface area contributed by atoms with Crippen molar-refractivity contribution in [2.75, 3.05) is 12.0 Å². The van der Waals surface area contributed by atoms with Gasteiger partial charge in [0, 0.05) is 9.62 Å². The van der Waals surface area contributed by atoms with Gasteiger partial charge in [-0.05, 0) is 61.8 Å². The third-order valence-corrected chi connectivity index (χ3v) is 7.59. The zero-order valence-electron chi connectivity index (χ0n) is 14.1. The average Bonchev–Trinajstić information content (AvgIpc) is 3.26. The molecule has 25 heavy (non-hydrogen) atoms. The molecule has 2 atom stereocenters. The molecule has 0 N–H and O–H groups in total. The van der Waals surface area contributed by atoms with Gasteiger partial charge in [0.05, 0.1) is 12.8 Å². The van der Waals surface area contributed by atoms with E-state index in [2.05, 4.69) is 30.2 Å². The number of carbonyl (C=O) groups excluding carboxylic acids is 1. The molecule has 0 spiro atoms. The summed E-state index contributed by atoms with van der Waals surface area (Å²) in [5.41, 5.74) is 0.788. The summed E-state index contributed by atoms with van der Waals surface area (Å²) in [4.78, 5) is 18.2. The van der Waals surface area contributed by atoms with E-state index in [1.54, 1.807) is 23.3 Å². The van der Waals surface area contributed by atoms with Crippen LogP contribution in [0, 0.1) is 0 Å². The Hall–Kier alpha value is -1.57. The van der Waals surface area contributed by atoms with Crippen LogP contribution < -0.4 is 9.64 Å². The number of amides is 1. The molecule has 3 heterocycles. The molecule has 0 saturated carbocycles. The number of fused-ring (bicyclic) bond motifs is 1. The maximum atomic E-state index is 13.2. The van der Waals surface area contributed by atoms with Crippen LogP contribution in [0.3, 0.4) is 0 Å². The van der Waals surface area contributed by atoms with Gasteiger partial charge in [0.25, 0.3) is 5.91 Å². The fraction of sp³-hybridized carbons (Fsp3) is 0.333. The fourth-order valence-electron chi connectivity index (χ4n) is 3.43. The third kappa shape index (κ3) is 2.56. The fourth-order valence-corrected chi connectivity index (χ4v) is 6.37. The summed E-state index contributed by atoms with van der Waals surface area (Å²) < 4.78 is 5.00. The number of rotatable bonds is 3. The summed E-state index contributed by atoms with van der Waals surface area (Å²) >= 11 is 9.26. The number of thiophene rings is 1. The number of carbonyl (C=O) groups is 1. The molecule has 4 nitrogen and oxygen atoms in total. The number of thiocarbonyl (C=S) groups is 1. The highest BCUT2D eigenvalue weighted by Crippen LogP contribution is 2.56. The summed E-state index contributed by atoms with van der Waals surface area (Å²) in [7, 11) is 1.63. The van der Waals surface area contributed by atoms with Crippen molar-refractivity contribution in [3.8, 4) is 5.75 Å². The van der Waals surface area contributed by atoms with Crippen molar-refractivity contribution >= 4 is 52.0 Å². The van der Waals surface area contributed by atoms with E-state index < -0.39 is 0 Å². The van der Waals surface area contributed by atoms with Crippen LogP contribution in [-0.4, -0.2) is 33.8 Å². The summed E-state index contributed by atoms with van der Waals surface area (Å²) in [5, 5.41) is 2.73. The molecule has 1 aromatic carbocycles. The zero-order valence-corrected chi connectivity index (χ0v) is 16.6. The maximum Gasteiger partial charge on any atom is 0.257 e. The van der Waals surface area contributed by atoms with E-state index in [1.165, 1.54) is 4.88 Å². The lowest BCUT2D eigenvalue weighted by Gasteiger charge is -2.24. The molecule has 0 unspecified atom stereocenters. The highest BCUT2D eigenvalue weighted by Gasteiger charge is 2.59. The second-order valence-electron chi connectivity index (χ2n) is 6.55. The van der Waals surface area contributed by atoms with E-state index in [0.717, 1.165) is 11.4 Å². The van der Waals surface area contributed by atoms with Crippen molar-refractivity contribution in [2.45, 2.75) is 30.0 Å². The van der Waals surface area contributed by atoms with Crippen molar-refractivity contribution in [1.82, 2.24) is 4.90 Å². The standard InChI is InChI=1S/C18H18N2O2S3/c1-18(2)14-15(21)19(11-6-8-12(22-3)9-7-11)17(23)20(14)16(25-18)13-5-4-10-24-13/h4-10,14,16H,1-3H3/t14-,16+/m1/s1. The molecule has 1 amide bonds. The molecule has 0 bridgehead atoms. The normalized spacial score (nSPS) is 24.8. The highest BCUT2D eigenvalue weighted by molar-refractivity contribution is 8.01. The monoisotopic (exact) mass is 390 g/mol. The van der Waals surface area contributed by atoms with Crippen molar-refractivity contribution in [1.29, 1.82) is 0 Å².